The average molecular weight is 686 g/mol. The molecule has 0 fully saturated rings. The number of nitrogens with zero attached hydrogens (tertiary/aromatic N) is 3. The van der Waals surface area contributed by atoms with Crippen LogP contribution in [0.2, 0.25) is 0 Å². The molecular weight excluding hydrogens is 655 g/mol. The van der Waals surface area contributed by atoms with Crippen molar-refractivity contribution in [3.8, 4) is 22.6 Å². The van der Waals surface area contributed by atoms with Crippen LogP contribution >= 0.6 is 0 Å². The molecule has 0 radical (unpaired) electrons. The first-order chi connectivity index (χ1) is 26.8. The molecule has 0 aliphatic carbocycles. The van der Waals surface area contributed by atoms with Gasteiger partial charge in [-0.2, -0.15) is 0 Å². The Labute approximate surface area is 310 Å². The Morgan fingerprint density at radius 2 is 0.796 bits per heavy atom. The highest BCUT2D eigenvalue weighted by molar-refractivity contribution is 6.33. The van der Waals surface area contributed by atoms with E-state index < -0.39 is 0 Å². The summed E-state index contributed by atoms with van der Waals surface area (Å²) in [6.07, 6.45) is 0. The number of fused-ring (bicyclic) bond motifs is 15. The van der Waals surface area contributed by atoms with E-state index in [1.54, 1.807) is 0 Å². The molecule has 54 heavy (non-hydrogen) atoms. The van der Waals surface area contributed by atoms with Gasteiger partial charge >= 0.3 is 0 Å². The fraction of sp³-hybridized carbons (Fsp3) is 0. The first-order valence-corrected chi connectivity index (χ1v) is 18.6. The van der Waals surface area contributed by atoms with E-state index in [4.69, 9.17) is 4.98 Å². The van der Waals surface area contributed by atoms with Crippen LogP contribution in [0.15, 0.2) is 188 Å². The van der Waals surface area contributed by atoms with Crippen LogP contribution < -0.4 is 0 Å². The molecule has 250 valence electrons. The molecule has 0 spiro atoms. The third-order valence-electron chi connectivity index (χ3n) is 11.4. The molecule has 0 N–H and O–H groups in total. The maximum atomic E-state index is 5.50. The minimum atomic E-state index is 0.997. The lowest BCUT2D eigenvalue weighted by molar-refractivity contribution is 1.15. The predicted octanol–water partition coefficient (Wildman–Crippen LogP) is 13.6. The van der Waals surface area contributed by atoms with E-state index in [1.165, 1.54) is 81.3 Å². The van der Waals surface area contributed by atoms with E-state index in [1.807, 2.05) is 0 Å². The first-order valence-electron chi connectivity index (χ1n) is 18.6. The minimum Gasteiger partial charge on any atom is -0.307 e. The second-order valence-electron chi connectivity index (χ2n) is 14.3. The zero-order valence-electron chi connectivity index (χ0n) is 29.2. The number of aromatic nitrogens is 3. The van der Waals surface area contributed by atoms with E-state index in [0.717, 1.165) is 28.1 Å². The summed E-state index contributed by atoms with van der Waals surface area (Å²) >= 11 is 0. The fourth-order valence-corrected chi connectivity index (χ4v) is 9.24. The summed E-state index contributed by atoms with van der Waals surface area (Å²) in [5.74, 6) is 0. The van der Waals surface area contributed by atoms with Crippen molar-refractivity contribution >= 4 is 86.8 Å². The lowest BCUT2D eigenvalue weighted by Crippen LogP contribution is -1.99. The highest BCUT2D eigenvalue weighted by Gasteiger charge is 2.22. The van der Waals surface area contributed by atoms with Gasteiger partial charge in [-0.1, -0.05) is 146 Å². The van der Waals surface area contributed by atoms with Crippen molar-refractivity contribution in [3.05, 3.63) is 188 Å². The van der Waals surface area contributed by atoms with Gasteiger partial charge in [0, 0.05) is 54.6 Å². The highest BCUT2D eigenvalue weighted by Crippen LogP contribution is 2.45. The van der Waals surface area contributed by atoms with Crippen molar-refractivity contribution < 1.29 is 0 Å². The van der Waals surface area contributed by atoms with Crippen LogP contribution in [0.3, 0.4) is 0 Å². The minimum absolute atomic E-state index is 0.997. The molecule has 0 bridgehead atoms. The van der Waals surface area contributed by atoms with Gasteiger partial charge in [-0.05, 0) is 64.0 Å². The molecule has 0 unspecified atom stereocenters. The number of hydrogen-bond acceptors (Lipinski definition) is 1. The molecule has 0 aliphatic heterocycles. The summed E-state index contributed by atoms with van der Waals surface area (Å²) in [6, 6.07) is 68.3. The summed E-state index contributed by atoms with van der Waals surface area (Å²) in [5.41, 5.74) is 10.1. The number of hydrogen-bond donors (Lipinski definition) is 0. The van der Waals surface area contributed by atoms with Crippen LogP contribution in [0.1, 0.15) is 0 Å². The van der Waals surface area contributed by atoms with Crippen molar-refractivity contribution in [3.63, 3.8) is 0 Å². The third kappa shape index (κ3) is 3.98. The standard InChI is InChI=1S/C51H31N3/c1-2-16-33(17-3-1)53-45-27-12-9-21-37(45)41-29-30-42-38-22-10-13-28-46(38)54(51(42)50(41)53)34-18-14-15-32(31-34)49-48-40-24-7-5-20-36(40)35-19-4-6-23-39(35)47(48)43-25-8-11-26-44(43)52-49/h1-31H. The SMILES string of the molecule is c1ccc(-n2c3ccccc3c3ccc4c5ccccc5n(-c5cccc(-c6nc7ccccc7c7c8ccccc8c8ccccc8c67)c5)c4c32)cc1. The van der Waals surface area contributed by atoms with Crippen molar-refractivity contribution in [2.24, 2.45) is 0 Å². The fourth-order valence-electron chi connectivity index (χ4n) is 9.24. The molecule has 12 aromatic rings. The monoisotopic (exact) mass is 685 g/mol. The van der Waals surface area contributed by atoms with E-state index in [9.17, 15) is 0 Å². The van der Waals surface area contributed by atoms with Gasteiger partial charge in [0.15, 0.2) is 0 Å². The van der Waals surface area contributed by atoms with Gasteiger partial charge in [-0.15, -0.1) is 0 Å². The van der Waals surface area contributed by atoms with Crippen LogP contribution in [-0.2, 0) is 0 Å². The van der Waals surface area contributed by atoms with Gasteiger partial charge < -0.3 is 9.13 Å². The molecule has 12 rings (SSSR count). The maximum Gasteiger partial charge on any atom is 0.0795 e. The van der Waals surface area contributed by atoms with Gasteiger partial charge in [0.25, 0.3) is 0 Å². The Kier molecular flexibility index (Phi) is 6.05. The van der Waals surface area contributed by atoms with E-state index in [2.05, 4.69) is 197 Å². The molecule has 0 amide bonds. The van der Waals surface area contributed by atoms with Gasteiger partial charge in [0.1, 0.15) is 0 Å². The van der Waals surface area contributed by atoms with E-state index >= 15 is 0 Å². The third-order valence-corrected chi connectivity index (χ3v) is 11.4. The van der Waals surface area contributed by atoms with Crippen LogP contribution in [-0.4, -0.2) is 14.1 Å². The Bertz CT molecular complexity index is 3500. The second kappa shape index (κ2) is 11.1. The molecule has 0 saturated heterocycles. The lowest BCUT2D eigenvalue weighted by Gasteiger charge is -2.17. The number of benzene rings is 9. The first kappa shape index (κ1) is 29.4. The zero-order valence-corrected chi connectivity index (χ0v) is 29.2. The maximum absolute atomic E-state index is 5.50. The Balaban J connectivity index is 1.23. The number of para-hydroxylation sites is 4. The molecule has 3 nitrogen and oxygen atoms in total. The molecule has 9 aromatic carbocycles. The zero-order chi connectivity index (χ0) is 35.3. The van der Waals surface area contributed by atoms with Gasteiger partial charge in [-0.3, -0.25) is 0 Å². The summed E-state index contributed by atoms with van der Waals surface area (Å²) in [4.78, 5) is 5.50. The Morgan fingerprint density at radius 3 is 1.44 bits per heavy atom. The van der Waals surface area contributed by atoms with Crippen LogP contribution in [0, 0.1) is 0 Å². The molecule has 0 aliphatic rings. The van der Waals surface area contributed by atoms with Gasteiger partial charge in [0.05, 0.1) is 33.3 Å². The molecule has 0 saturated carbocycles. The topological polar surface area (TPSA) is 22.8 Å². The molecular formula is C51H31N3. The van der Waals surface area contributed by atoms with Crippen molar-refractivity contribution in [1.29, 1.82) is 0 Å². The normalized spacial score (nSPS) is 12.1. The average Bonchev–Trinajstić information content (AvgIpc) is 3.77. The van der Waals surface area contributed by atoms with Gasteiger partial charge in [0.2, 0.25) is 0 Å². The molecule has 3 aromatic heterocycles. The summed E-state index contributed by atoms with van der Waals surface area (Å²) in [7, 11) is 0. The Morgan fingerprint density at radius 1 is 0.315 bits per heavy atom. The summed E-state index contributed by atoms with van der Waals surface area (Å²) in [6.45, 7) is 0. The molecule has 0 atom stereocenters. The number of pyridine rings is 1. The predicted molar refractivity (Wildman–Crippen MR) is 228 cm³/mol. The van der Waals surface area contributed by atoms with Crippen LogP contribution in [0.4, 0.5) is 0 Å². The van der Waals surface area contributed by atoms with E-state index in [0.29, 0.717) is 0 Å². The van der Waals surface area contributed by atoms with Crippen molar-refractivity contribution in [1.82, 2.24) is 14.1 Å². The highest BCUT2D eigenvalue weighted by atomic mass is 15.0. The van der Waals surface area contributed by atoms with Crippen molar-refractivity contribution in [2.45, 2.75) is 0 Å². The molecule has 3 heteroatoms. The second-order valence-corrected chi connectivity index (χ2v) is 14.3. The smallest absolute Gasteiger partial charge is 0.0795 e. The van der Waals surface area contributed by atoms with Crippen molar-refractivity contribution in [2.75, 3.05) is 0 Å². The van der Waals surface area contributed by atoms with Crippen LogP contribution in [0.5, 0.6) is 0 Å². The summed E-state index contributed by atoms with van der Waals surface area (Å²) < 4.78 is 4.92. The summed E-state index contributed by atoms with van der Waals surface area (Å²) in [5, 5.41) is 13.5. The Hall–Kier alpha value is -7.23. The van der Waals surface area contributed by atoms with Crippen LogP contribution in [0.25, 0.3) is 109 Å². The lowest BCUT2D eigenvalue weighted by atomic mass is 9.90. The number of rotatable bonds is 3. The van der Waals surface area contributed by atoms with E-state index in [-0.39, 0.29) is 0 Å². The van der Waals surface area contributed by atoms with Gasteiger partial charge in [-0.25, -0.2) is 4.98 Å². The quantitative estimate of drug-likeness (QED) is 0.170. The largest absolute Gasteiger partial charge is 0.307 e. The molecule has 3 heterocycles.